The number of carbonyl (C=O) groups excluding carboxylic acids is 1. The van der Waals surface area contributed by atoms with E-state index in [0.717, 1.165) is 30.5 Å². The number of fused-ring (bicyclic) bond motifs is 1. The van der Waals surface area contributed by atoms with Gasteiger partial charge in [-0.1, -0.05) is 42.5 Å². The summed E-state index contributed by atoms with van der Waals surface area (Å²) >= 11 is 1.67. The Hall–Kier alpha value is -2.59. The fourth-order valence-electron chi connectivity index (χ4n) is 3.86. The van der Waals surface area contributed by atoms with E-state index in [2.05, 4.69) is 46.4 Å². The minimum atomic E-state index is -0.0304. The van der Waals surface area contributed by atoms with Gasteiger partial charge in [-0.2, -0.15) is 11.3 Å². The number of urea groups is 1. The van der Waals surface area contributed by atoms with Crippen molar-refractivity contribution in [2.24, 2.45) is 0 Å². The molecule has 0 radical (unpaired) electrons. The number of anilines is 1. The zero-order valence-electron chi connectivity index (χ0n) is 15.5. The summed E-state index contributed by atoms with van der Waals surface area (Å²) in [6, 6.07) is 18.7. The van der Waals surface area contributed by atoms with E-state index < -0.39 is 0 Å². The highest BCUT2D eigenvalue weighted by Crippen LogP contribution is 2.35. The summed E-state index contributed by atoms with van der Waals surface area (Å²) in [7, 11) is 0. The van der Waals surface area contributed by atoms with Crippen molar-refractivity contribution in [2.75, 3.05) is 5.32 Å². The van der Waals surface area contributed by atoms with Gasteiger partial charge in [0.05, 0.1) is 6.04 Å². The highest BCUT2D eigenvalue weighted by Gasteiger charge is 2.29. The molecule has 0 saturated heterocycles. The molecule has 2 amide bonds. The first-order valence-corrected chi connectivity index (χ1v) is 10.4. The maximum absolute atomic E-state index is 13.3. The number of amides is 2. The minimum absolute atomic E-state index is 0.0304. The number of rotatable bonds is 4. The van der Waals surface area contributed by atoms with Gasteiger partial charge in [0.2, 0.25) is 0 Å². The molecule has 1 unspecified atom stereocenters. The predicted molar refractivity (Wildman–Crippen MR) is 112 cm³/mol. The normalized spacial score (nSPS) is 15.8. The summed E-state index contributed by atoms with van der Waals surface area (Å²) in [4.78, 5) is 15.3. The third kappa shape index (κ3) is 3.91. The lowest BCUT2D eigenvalue weighted by Crippen LogP contribution is -2.39. The van der Waals surface area contributed by atoms with Crippen LogP contribution >= 0.6 is 11.3 Å². The summed E-state index contributed by atoms with van der Waals surface area (Å²) < 4.78 is 0. The van der Waals surface area contributed by atoms with Crippen molar-refractivity contribution in [1.29, 1.82) is 0 Å². The van der Waals surface area contributed by atoms with Gasteiger partial charge in [0.1, 0.15) is 0 Å². The van der Waals surface area contributed by atoms with Crippen molar-refractivity contribution in [3.8, 4) is 0 Å². The van der Waals surface area contributed by atoms with Crippen LogP contribution in [0.1, 0.15) is 41.1 Å². The molecular weight excluding hydrogens is 352 g/mol. The minimum Gasteiger partial charge on any atom is -0.313 e. The Morgan fingerprint density at radius 3 is 2.78 bits per heavy atom. The zero-order chi connectivity index (χ0) is 18.6. The Labute approximate surface area is 164 Å². The van der Waals surface area contributed by atoms with Gasteiger partial charge in [0, 0.05) is 12.2 Å². The molecule has 1 heterocycles. The lowest BCUT2D eigenvalue weighted by atomic mass is 9.86. The molecule has 1 aliphatic rings. The molecule has 1 aliphatic carbocycles. The molecule has 4 rings (SSSR count). The van der Waals surface area contributed by atoms with Gasteiger partial charge in [0.25, 0.3) is 0 Å². The third-order valence-corrected chi connectivity index (χ3v) is 6.03. The van der Waals surface area contributed by atoms with Gasteiger partial charge in [-0.05, 0) is 71.3 Å². The Kier molecular flexibility index (Phi) is 5.26. The lowest BCUT2D eigenvalue weighted by Gasteiger charge is -2.36. The number of aryl methyl sites for hydroxylation is 2. The molecule has 0 spiro atoms. The lowest BCUT2D eigenvalue weighted by molar-refractivity contribution is 0.175. The quantitative estimate of drug-likeness (QED) is 0.580. The molecule has 27 heavy (non-hydrogen) atoms. The van der Waals surface area contributed by atoms with Crippen LogP contribution in [0.5, 0.6) is 0 Å². The first kappa shape index (κ1) is 17.8. The van der Waals surface area contributed by atoms with Crippen molar-refractivity contribution in [3.63, 3.8) is 0 Å². The Bertz CT molecular complexity index is 920. The number of hydrogen-bond acceptors (Lipinski definition) is 2. The fourth-order valence-corrected chi connectivity index (χ4v) is 4.51. The van der Waals surface area contributed by atoms with Crippen LogP contribution in [0.15, 0.2) is 65.4 Å². The monoisotopic (exact) mass is 376 g/mol. The van der Waals surface area contributed by atoms with Gasteiger partial charge in [-0.3, -0.25) is 0 Å². The first-order chi connectivity index (χ1) is 13.2. The number of nitrogens with one attached hydrogen (secondary N) is 1. The summed E-state index contributed by atoms with van der Waals surface area (Å²) in [5, 5.41) is 7.34. The van der Waals surface area contributed by atoms with E-state index in [1.807, 2.05) is 36.1 Å². The van der Waals surface area contributed by atoms with Gasteiger partial charge in [-0.25, -0.2) is 4.79 Å². The van der Waals surface area contributed by atoms with Crippen LogP contribution in [0, 0.1) is 6.92 Å². The van der Waals surface area contributed by atoms with Crippen molar-refractivity contribution in [1.82, 2.24) is 4.90 Å². The van der Waals surface area contributed by atoms with Crippen molar-refractivity contribution < 1.29 is 4.79 Å². The summed E-state index contributed by atoms with van der Waals surface area (Å²) in [6.45, 7) is 2.65. The van der Waals surface area contributed by atoms with E-state index in [0.29, 0.717) is 6.54 Å². The average Bonchev–Trinajstić information content (AvgIpc) is 3.21. The standard InChI is InChI=1S/C23H24N2OS/c1-17-7-2-5-11-21(17)24-23(26)25(15-18-13-14-27-16-18)22-12-6-9-19-8-3-4-10-20(19)22/h2-5,7-8,10-11,13-14,16,22H,6,9,12,15H2,1H3,(H,24,26). The largest absolute Gasteiger partial charge is 0.322 e. The second-order valence-corrected chi connectivity index (χ2v) is 7.89. The highest BCUT2D eigenvalue weighted by molar-refractivity contribution is 7.07. The number of nitrogens with zero attached hydrogens (tertiary/aromatic N) is 1. The van der Waals surface area contributed by atoms with Crippen LogP contribution in [0.2, 0.25) is 0 Å². The van der Waals surface area contributed by atoms with Gasteiger partial charge >= 0.3 is 6.03 Å². The van der Waals surface area contributed by atoms with E-state index in [1.54, 1.807) is 11.3 Å². The third-order valence-electron chi connectivity index (χ3n) is 5.29. The van der Waals surface area contributed by atoms with Gasteiger partial charge < -0.3 is 10.2 Å². The smallest absolute Gasteiger partial charge is 0.313 e. The van der Waals surface area contributed by atoms with Crippen LogP contribution in [-0.4, -0.2) is 10.9 Å². The second-order valence-electron chi connectivity index (χ2n) is 7.11. The van der Waals surface area contributed by atoms with Crippen molar-refractivity contribution >= 4 is 23.1 Å². The summed E-state index contributed by atoms with van der Waals surface area (Å²) in [5.74, 6) is 0. The number of para-hydroxylation sites is 1. The number of thiophene rings is 1. The molecule has 2 aromatic carbocycles. The van der Waals surface area contributed by atoms with Crippen molar-refractivity contribution in [3.05, 3.63) is 87.6 Å². The molecular formula is C23H24N2OS. The van der Waals surface area contributed by atoms with E-state index in [1.165, 1.54) is 16.7 Å². The Balaban J connectivity index is 1.65. The second kappa shape index (κ2) is 7.97. The summed E-state index contributed by atoms with van der Waals surface area (Å²) in [6.07, 6.45) is 3.21. The molecule has 138 valence electrons. The fraction of sp³-hybridized carbons (Fsp3) is 0.261. The molecule has 1 aromatic heterocycles. The molecule has 0 fully saturated rings. The predicted octanol–water partition coefficient (Wildman–Crippen LogP) is 6.17. The Morgan fingerprint density at radius 2 is 1.96 bits per heavy atom. The molecule has 3 aromatic rings. The average molecular weight is 377 g/mol. The number of benzene rings is 2. The molecule has 3 nitrogen and oxygen atoms in total. The Morgan fingerprint density at radius 1 is 1.15 bits per heavy atom. The molecule has 4 heteroatoms. The molecule has 0 bridgehead atoms. The van der Waals surface area contributed by atoms with E-state index in [-0.39, 0.29) is 12.1 Å². The maximum Gasteiger partial charge on any atom is 0.322 e. The SMILES string of the molecule is Cc1ccccc1NC(=O)N(Cc1ccsc1)C1CCCc2ccccc21. The zero-order valence-corrected chi connectivity index (χ0v) is 16.3. The van der Waals surface area contributed by atoms with Crippen LogP contribution in [0.3, 0.4) is 0 Å². The molecule has 1 atom stereocenters. The molecule has 0 aliphatic heterocycles. The number of hydrogen-bond donors (Lipinski definition) is 1. The van der Waals surface area contributed by atoms with Gasteiger partial charge in [0.15, 0.2) is 0 Å². The van der Waals surface area contributed by atoms with Crippen LogP contribution in [-0.2, 0) is 13.0 Å². The highest BCUT2D eigenvalue weighted by atomic mass is 32.1. The summed E-state index contributed by atoms with van der Waals surface area (Å²) in [5.41, 5.74) is 5.79. The molecule has 1 N–H and O–H groups in total. The van der Waals surface area contributed by atoms with Crippen LogP contribution < -0.4 is 5.32 Å². The topological polar surface area (TPSA) is 32.3 Å². The van der Waals surface area contributed by atoms with E-state index >= 15 is 0 Å². The maximum atomic E-state index is 13.3. The first-order valence-electron chi connectivity index (χ1n) is 9.44. The van der Waals surface area contributed by atoms with Crippen LogP contribution in [0.4, 0.5) is 10.5 Å². The van der Waals surface area contributed by atoms with Gasteiger partial charge in [-0.15, -0.1) is 0 Å². The van der Waals surface area contributed by atoms with E-state index in [9.17, 15) is 4.79 Å². The molecule has 0 saturated carbocycles. The van der Waals surface area contributed by atoms with E-state index in [4.69, 9.17) is 0 Å². The van der Waals surface area contributed by atoms with Crippen LogP contribution in [0.25, 0.3) is 0 Å². The van der Waals surface area contributed by atoms with Crippen molar-refractivity contribution in [2.45, 2.75) is 38.8 Å². The number of carbonyl (C=O) groups is 1.